The van der Waals surface area contributed by atoms with Gasteiger partial charge in [-0.05, 0) is 31.0 Å². The fourth-order valence-electron chi connectivity index (χ4n) is 2.16. The van der Waals surface area contributed by atoms with E-state index in [1.54, 1.807) is 7.05 Å². The van der Waals surface area contributed by atoms with Crippen LogP contribution in [-0.4, -0.2) is 29.3 Å². The Morgan fingerprint density at radius 2 is 1.87 bits per heavy atom. The predicted octanol–water partition coefficient (Wildman–Crippen LogP) is 3.36. The van der Waals surface area contributed by atoms with Crippen molar-refractivity contribution in [1.82, 2.24) is 4.90 Å². The van der Waals surface area contributed by atoms with Crippen LogP contribution in [0.3, 0.4) is 0 Å². The number of nitro groups is 1. The highest BCUT2D eigenvalue weighted by Gasteiger charge is 2.19. The van der Waals surface area contributed by atoms with Crippen LogP contribution in [0.25, 0.3) is 0 Å². The number of hydrogen-bond donors (Lipinski definition) is 0. The predicted molar refractivity (Wildman–Crippen MR) is 84.9 cm³/mol. The molecule has 0 spiro atoms. The van der Waals surface area contributed by atoms with Gasteiger partial charge in [-0.1, -0.05) is 29.8 Å². The highest BCUT2D eigenvalue weighted by atomic mass is 19.1. The summed E-state index contributed by atoms with van der Waals surface area (Å²) in [5.41, 5.74) is 1.67. The van der Waals surface area contributed by atoms with E-state index in [1.165, 1.54) is 11.0 Å². The van der Waals surface area contributed by atoms with Crippen LogP contribution in [0.5, 0.6) is 0 Å². The van der Waals surface area contributed by atoms with Gasteiger partial charge in [-0.15, -0.1) is 0 Å². The number of rotatable bonds is 5. The van der Waals surface area contributed by atoms with Crippen LogP contribution in [0, 0.1) is 22.9 Å². The van der Waals surface area contributed by atoms with E-state index in [4.69, 9.17) is 0 Å². The molecule has 0 bridgehead atoms. The molecular weight excluding hydrogens is 299 g/mol. The van der Waals surface area contributed by atoms with E-state index in [0.717, 1.165) is 23.3 Å². The molecule has 6 heteroatoms. The van der Waals surface area contributed by atoms with Gasteiger partial charge in [0.25, 0.3) is 5.91 Å². The van der Waals surface area contributed by atoms with Gasteiger partial charge in [0.2, 0.25) is 5.82 Å². The van der Waals surface area contributed by atoms with Crippen molar-refractivity contribution < 1.29 is 14.1 Å². The molecule has 0 N–H and O–H groups in total. The number of likely N-dealkylation sites (N-methyl/N-ethyl adjacent to an activating group) is 1. The minimum Gasteiger partial charge on any atom is -0.341 e. The van der Waals surface area contributed by atoms with Gasteiger partial charge in [0.1, 0.15) is 0 Å². The molecule has 2 aromatic rings. The molecule has 0 fully saturated rings. The summed E-state index contributed by atoms with van der Waals surface area (Å²) in [5, 5.41) is 10.7. The molecule has 0 saturated heterocycles. The zero-order valence-electron chi connectivity index (χ0n) is 13.0. The van der Waals surface area contributed by atoms with Crippen LogP contribution in [0.15, 0.2) is 42.5 Å². The van der Waals surface area contributed by atoms with E-state index in [2.05, 4.69) is 0 Å². The molecule has 120 valence electrons. The Morgan fingerprint density at radius 3 is 2.48 bits per heavy atom. The van der Waals surface area contributed by atoms with E-state index in [0.29, 0.717) is 13.0 Å². The van der Waals surface area contributed by atoms with Crippen molar-refractivity contribution in [2.24, 2.45) is 0 Å². The third-order valence-electron chi connectivity index (χ3n) is 3.59. The number of nitro benzene ring substituents is 1. The Kier molecular flexibility index (Phi) is 5.05. The summed E-state index contributed by atoms with van der Waals surface area (Å²) in [7, 11) is 1.62. The first-order chi connectivity index (χ1) is 10.9. The van der Waals surface area contributed by atoms with Crippen molar-refractivity contribution in [1.29, 1.82) is 0 Å². The van der Waals surface area contributed by atoms with Gasteiger partial charge in [0.05, 0.1) is 4.92 Å². The molecule has 0 aromatic heterocycles. The number of nitrogens with zero attached hydrogens (tertiary/aromatic N) is 2. The topological polar surface area (TPSA) is 63.5 Å². The van der Waals surface area contributed by atoms with Gasteiger partial charge >= 0.3 is 5.69 Å². The lowest BCUT2D eigenvalue weighted by Crippen LogP contribution is -2.28. The number of amides is 1. The summed E-state index contributed by atoms with van der Waals surface area (Å²) >= 11 is 0. The van der Waals surface area contributed by atoms with Gasteiger partial charge in [-0.3, -0.25) is 14.9 Å². The fourth-order valence-corrected chi connectivity index (χ4v) is 2.16. The van der Waals surface area contributed by atoms with Gasteiger partial charge < -0.3 is 4.90 Å². The average Bonchev–Trinajstić information content (AvgIpc) is 2.53. The van der Waals surface area contributed by atoms with Crippen LogP contribution in [0.2, 0.25) is 0 Å². The molecule has 2 aromatic carbocycles. The molecule has 0 saturated carbocycles. The summed E-state index contributed by atoms with van der Waals surface area (Å²) < 4.78 is 13.3. The van der Waals surface area contributed by atoms with Crippen molar-refractivity contribution >= 4 is 11.6 Å². The maximum absolute atomic E-state index is 13.3. The van der Waals surface area contributed by atoms with Crippen molar-refractivity contribution in [2.45, 2.75) is 13.3 Å². The lowest BCUT2D eigenvalue weighted by molar-refractivity contribution is -0.387. The Hall–Kier alpha value is -2.76. The maximum Gasteiger partial charge on any atom is 0.305 e. The average molecular weight is 316 g/mol. The first-order valence-electron chi connectivity index (χ1n) is 7.13. The number of aryl methyl sites for hydroxylation is 1. The number of halogens is 1. The molecule has 1 amide bonds. The second kappa shape index (κ2) is 7.00. The molecule has 0 radical (unpaired) electrons. The molecule has 0 atom stereocenters. The Morgan fingerprint density at radius 1 is 1.22 bits per heavy atom. The van der Waals surface area contributed by atoms with Crippen LogP contribution in [0.4, 0.5) is 10.1 Å². The molecule has 2 rings (SSSR count). The number of benzene rings is 2. The first-order valence-corrected chi connectivity index (χ1v) is 7.13. The molecule has 0 aliphatic carbocycles. The Balaban J connectivity index is 2.06. The Labute approximate surface area is 133 Å². The maximum atomic E-state index is 13.3. The van der Waals surface area contributed by atoms with Crippen molar-refractivity contribution in [3.63, 3.8) is 0 Å². The number of hydrogen-bond acceptors (Lipinski definition) is 3. The molecular formula is C17H17FN2O3. The quantitative estimate of drug-likeness (QED) is 0.627. The lowest BCUT2D eigenvalue weighted by atomic mass is 10.1. The van der Waals surface area contributed by atoms with E-state index >= 15 is 0 Å². The van der Waals surface area contributed by atoms with E-state index in [-0.39, 0.29) is 11.5 Å². The standard InChI is InChI=1S/C17H17FN2O3/c1-12-3-5-13(6-4-12)9-10-19(2)17(21)14-7-8-15(18)16(11-14)20(22)23/h3-8,11H,9-10H2,1-2H3. The SMILES string of the molecule is Cc1ccc(CCN(C)C(=O)c2ccc(F)c([N+](=O)[O-])c2)cc1. The molecule has 0 heterocycles. The zero-order chi connectivity index (χ0) is 17.0. The molecule has 0 aliphatic rings. The zero-order valence-corrected chi connectivity index (χ0v) is 13.0. The highest BCUT2D eigenvalue weighted by molar-refractivity contribution is 5.94. The van der Waals surface area contributed by atoms with Gasteiger partial charge in [-0.25, -0.2) is 0 Å². The molecule has 0 unspecified atom stereocenters. The smallest absolute Gasteiger partial charge is 0.305 e. The summed E-state index contributed by atoms with van der Waals surface area (Å²) in [4.78, 5) is 23.7. The molecule has 0 aliphatic heterocycles. The van der Waals surface area contributed by atoms with Crippen molar-refractivity contribution in [3.05, 3.63) is 75.1 Å². The number of carbonyl (C=O) groups excluding carboxylic acids is 1. The van der Waals surface area contributed by atoms with Crippen LogP contribution in [0.1, 0.15) is 21.5 Å². The normalized spacial score (nSPS) is 10.4. The third kappa shape index (κ3) is 4.12. The van der Waals surface area contributed by atoms with Gasteiger partial charge in [-0.2, -0.15) is 4.39 Å². The largest absolute Gasteiger partial charge is 0.341 e. The van der Waals surface area contributed by atoms with E-state index in [9.17, 15) is 19.3 Å². The second-order valence-corrected chi connectivity index (χ2v) is 5.39. The summed E-state index contributed by atoms with van der Waals surface area (Å²) in [6.45, 7) is 2.47. The molecule has 23 heavy (non-hydrogen) atoms. The third-order valence-corrected chi connectivity index (χ3v) is 3.59. The van der Waals surface area contributed by atoms with E-state index in [1.807, 2.05) is 31.2 Å². The van der Waals surface area contributed by atoms with Crippen molar-refractivity contribution in [3.8, 4) is 0 Å². The van der Waals surface area contributed by atoms with Gasteiger partial charge in [0.15, 0.2) is 0 Å². The van der Waals surface area contributed by atoms with Crippen molar-refractivity contribution in [2.75, 3.05) is 13.6 Å². The first kappa shape index (κ1) is 16.6. The van der Waals surface area contributed by atoms with Gasteiger partial charge in [0, 0.05) is 25.2 Å². The van der Waals surface area contributed by atoms with Crippen LogP contribution >= 0.6 is 0 Å². The minimum absolute atomic E-state index is 0.101. The monoisotopic (exact) mass is 316 g/mol. The summed E-state index contributed by atoms with van der Waals surface area (Å²) in [6, 6.07) is 11.2. The highest BCUT2D eigenvalue weighted by Crippen LogP contribution is 2.19. The Bertz CT molecular complexity index is 729. The number of carbonyl (C=O) groups is 1. The fraction of sp³-hybridized carbons (Fsp3) is 0.235. The van der Waals surface area contributed by atoms with Crippen LogP contribution < -0.4 is 0 Å². The lowest BCUT2D eigenvalue weighted by Gasteiger charge is -2.17. The summed E-state index contributed by atoms with van der Waals surface area (Å²) in [5.74, 6) is -1.32. The minimum atomic E-state index is -0.950. The van der Waals surface area contributed by atoms with Crippen LogP contribution in [-0.2, 0) is 6.42 Å². The molecule has 5 nitrogen and oxygen atoms in total. The van der Waals surface area contributed by atoms with E-state index < -0.39 is 16.4 Å². The summed E-state index contributed by atoms with van der Waals surface area (Å²) in [6.07, 6.45) is 0.672. The second-order valence-electron chi connectivity index (χ2n) is 5.39.